The van der Waals surface area contributed by atoms with Crippen molar-refractivity contribution >= 4 is 17.1 Å². The van der Waals surface area contributed by atoms with Crippen LogP contribution in [0.4, 0.5) is 17.1 Å². The van der Waals surface area contributed by atoms with Gasteiger partial charge in [-0.05, 0) is 114 Å². The molecule has 8 aromatic rings. The van der Waals surface area contributed by atoms with E-state index in [9.17, 15) is 0 Å². The van der Waals surface area contributed by atoms with Crippen LogP contribution in [0.25, 0.3) is 44.5 Å². The van der Waals surface area contributed by atoms with Gasteiger partial charge in [0.15, 0.2) is 0 Å². The summed E-state index contributed by atoms with van der Waals surface area (Å²) < 4.78 is 0. The molecule has 54 heavy (non-hydrogen) atoms. The van der Waals surface area contributed by atoms with Gasteiger partial charge in [0.05, 0.1) is 5.41 Å². The van der Waals surface area contributed by atoms with Crippen LogP contribution < -0.4 is 4.90 Å². The standard InChI is InChI=1S/C53H41N/c1-52(2,3)50-34-39(37-18-8-5-9-19-37)28-33-51(50)54(40-29-26-38(27-30-40)36-16-6-4-7-17-36)41-31-32-45-44-22-12-15-25-48(44)53(49(45)35-41)46-23-13-10-20-42(46)43-21-11-14-24-47(43)53/h4-35H,1-3H3. The van der Waals surface area contributed by atoms with Crippen molar-refractivity contribution in [1.29, 1.82) is 0 Å². The monoisotopic (exact) mass is 691 g/mol. The molecule has 0 saturated carbocycles. The van der Waals surface area contributed by atoms with Crippen LogP contribution in [-0.2, 0) is 10.8 Å². The zero-order valence-electron chi connectivity index (χ0n) is 30.9. The normalized spacial score (nSPS) is 13.2. The molecular formula is C53H41N. The van der Waals surface area contributed by atoms with Crippen molar-refractivity contribution in [2.75, 3.05) is 4.90 Å². The maximum Gasteiger partial charge on any atom is 0.0726 e. The molecule has 0 amide bonds. The summed E-state index contributed by atoms with van der Waals surface area (Å²) >= 11 is 0. The number of hydrogen-bond acceptors (Lipinski definition) is 1. The van der Waals surface area contributed by atoms with E-state index in [1.165, 1.54) is 78.0 Å². The molecule has 2 aliphatic carbocycles. The van der Waals surface area contributed by atoms with Gasteiger partial charge < -0.3 is 4.90 Å². The summed E-state index contributed by atoms with van der Waals surface area (Å²) in [5, 5.41) is 0. The van der Waals surface area contributed by atoms with E-state index < -0.39 is 5.41 Å². The van der Waals surface area contributed by atoms with Crippen LogP contribution in [0.2, 0.25) is 0 Å². The number of benzene rings is 8. The minimum absolute atomic E-state index is 0.125. The van der Waals surface area contributed by atoms with Gasteiger partial charge in [0.25, 0.3) is 0 Å². The van der Waals surface area contributed by atoms with Gasteiger partial charge >= 0.3 is 0 Å². The number of nitrogens with zero attached hydrogens (tertiary/aromatic N) is 1. The highest BCUT2D eigenvalue weighted by Crippen LogP contribution is 2.63. The lowest BCUT2D eigenvalue weighted by Crippen LogP contribution is -2.26. The summed E-state index contributed by atoms with van der Waals surface area (Å²) in [5.41, 5.74) is 19.8. The molecule has 2 aliphatic rings. The van der Waals surface area contributed by atoms with Crippen LogP contribution in [-0.4, -0.2) is 0 Å². The van der Waals surface area contributed by atoms with E-state index in [2.05, 4.69) is 220 Å². The van der Waals surface area contributed by atoms with E-state index >= 15 is 0 Å². The topological polar surface area (TPSA) is 3.24 Å². The van der Waals surface area contributed by atoms with Crippen molar-refractivity contribution in [2.24, 2.45) is 0 Å². The second-order valence-electron chi connectivity index (χ2n) is 15.7. The lowest BCUT2D eigenvalue weighted by atomic mass is 9.70. The molecule has 1 heteroatoms. The number of fused-ring (bicyclic) bond motifs is 10. The van der Waals surface area contributed by atoms with Crippen molar-refractivity contribution in [3.8, 4) is 44.5 Å². The molecule has 0 N–H and O–H groups in total. The highest BCUT2D eigenvalue weighted by atomic mass is 15.1. The predicted molar refractivity (Wildman–Crippen MR) is 227 cm³/mol. The zero-order chi connectivity index (χ0) is 36.4. The summed E-state index contributed by atoms with van der Waals surface area (Å²) in [5.74, 6) is 0. The van der Waals surface area contributed by atoms with Gasteiger partial charge in [-0.25, -0.2) is 0 Å². The van der Waals surface area contributed by atoms with Crippen LogP contribution in [0.1, 0.15) is 48.6 Å². The fraction of sp³-hybridized carbons (Fsp3) is 0.0943. The van der Waals surface area contributed by atoms with E-state index in [0.29, 0.717) is 0 Å². The SMILES string of the molecule is CC(C)(C)c1cc(-c2ccccc2)ccc1N(c1ccc(-c2ccccc2)cc1)c1ccc2c(c1)C1(c3ccccc3-c3ccccc31)c1ccccc1-2. The Hall–Kier alpha value is -6.44. The Labute approximate surface area is 318 Å². The molecule has 1 nitrogen and oxygen atoms in total. The highest BCUT2D eigenvalue weighted by Gasteiger charge is 2.51. The number of hydrogen-bond donors (Lipinski definition) is 0. The molecule has 0 radical (unpaired) electrons. The molecule has 258 valence electrons. The first-order valence-electron chi connectivity index (χ1n) is 19.0. The molecule has 1 spiro atoms. The minimum atomic E-state index is -0.415. The third-order valence-corrected chi connectivity index (χ3v) is 11.6. The maximum atomic E-state index is 2.50. The second kappa shape index (κ2) is 12.3. The smallest absolute Gasteiger partial charge is 0.0726 e. The molecule has 0 saturated heterocycles. The summed E-state index contributed by atoms with van der Waals surface area (Å²) in [6.07, 6.45) is 0. The van der Waals surface area contributed by atoms with Gasteiger partial charge in [-0.15, -0.1) is 0 Å². The Morgan fingerprint density at radius 3 is 1.31 bits per heavy atom. The van der Waals surface area contributed by atoms with Crippen molar-refractivity contribution in [3.63, 3.8) is 0 Å². The summed E-state index contributed by atoms with van der Waals surface area (Å²) in [7, 11) is 0. The average molecular weight is 692 g/mol. The van der Waals surface area contributed by atoms with Crippen LogP contribution in [0.5, 0.6) is 0 Å². The quantitative estimate of drug-likeness (QED) is 0.174. The zero-order valence-corrected chi connectivity index (χ0v) is 30.9. The first kappa shape index (κ1) is 32.2. The largest absolute Gasteiger partial charge is 0.310 e. The van der Waals surface area contributed by atoms with Gasteiger partial charge in [-0.3, -0.25) is 0 Å². The minimum Gasteiger partial charge on any atom is -0.310 e. The van der Waals surface area contributed by atoms with Crippen molar-refractivity contribution < 1.29 is 0 Å². The van der Waals surface area contributed by atoms with Gasteiger partial charge in [0.1, 0.15) is 0 Å². The highest BCUT2D eigenvalue weighted by molar-refractivity contribution is 5.96. The van der Waals surface area contributed by atoms with E-state index in [-0.39, 0.29) is 5.41 Å². The predicted octanol–water partition coefficient (Wildman–Crippen LogP) is 14.1. The third-order valence-electron chi connectivity index (χ3n) is 11.6. The van der Waals surface area contributed by atoms with E-state index in [4.69, 9.17) is 0 Å². The Bertz CT molecular complexity index is 2620. The first-order valence-corrected chi connectivity index (χ1v) is 19.0. The van der Waals surface area contributed by atoms with E-state index in [0.717, 1.165) is 11.4 Å². The van der Waals surface area contributed by atoms with Crippen LogP contribution in [0, 0.1) is 0 Å². The molecule has 0 aliphatic heterocycles. The van der Waals surface area contributed by atoms with E-state index in [1.54, 1.807) is 0 Å². The third kappa shape index (κ3) is 4.85. The van der Waals surface area contributed by atoms with Crippen molar-refractivity contribution in [3.05, 3.63) is 222 Å². The summed E-state index contributed by atoms with van der Waals surface area (Å²) in [6.45, 7) is 6.99. The van der Waals surface area contributed by atoms with Gasteiger partial charge in [-0.1, -0.05) is 178 Å². The number of rotatable bonds is 5. The van der Waals surface area contributed by atoms with Crippen LogP contribution in [0.3, 0.4) is 0 Å². The average Bonchev–Trinajstić information content (AvgIpc) is 3.69. The van der Waals surface area contributed by atoms with Crippen LogP contribution >= 0.6 is 0 Å². The van der Waals surface area contributed by atoms with Crippen molar-refractivity contribution in [2.45, 2.75) is 31.6 Å². The van der Waals surface area contributed by atoms with Gasteiger partial charge in [0, 0.05) is 17.1 Å². The maximum absolute atomic E-state index is 2.50. The molecular weight excluding hydrogens is 651 g/mol. The Morgan fingerprint density at radius 1 is 0.352 bits per heavy atom. The van der Waals surface area contributed by atoms with Gasteiger partial charge in [-0.2, -0.15) is 0 Å². The molecule has 0 fully saturated rings. The van der Waals surface area contributed by atoms with Crippen LogP contribution in [0.15, 0.2) is 194 Å². The van der Waals surface area contributed by atoms with E-state index in [1.807, 2.05) is 0 Å². The molecule has 0 atom stereocenters. The molecule has 0 bridgehead atoms. The molecule has 0 heterocycles. The second-order valence-corrected chi connectivity index (χ2v) is 15.7. The lowest BCUT2D eigenvalue weighted by molar-refractivity contribution is 0.591. The molecule has 0 unspecified atom stereocenters. The Morgan fingerprint density at radius 2 is 0.778 bits per heavy atom. The van der Waals surface area contributed by atoms with Crippen molar-refractivity contribution in [1.82, 2.24) is 0 Å². The Kier molecular flexibility index (Phi) is 7.35. The lowest BCUT2D eigenvalue weighted by Gasteiger charge is -2.34. The summed E-state index contributed by atoms with van der Waals surface area (Å²) in [4.78, 5) is 2.49. The summed E-state index contributed by atoms with van der Waals surface area (Å²) in [6, 6.07) is 71.9. The fourth-order valence-corrected chi connectivity index (χ4v) is 9.22. The van der Waals surface area contributed by atoms with Gasteiger partial charge in [0.2, 0.25) is 0 Å². The first-order chi connectivity index (χ1) is 26.4. The fourth-order valence-electron chi connectivity index (χ4n) is 9.22. The molecule has 0 aromatic heterocycles. The number of anilines is 3. The molecule has 8 aromatic carbocycles. The Balaban J connectivity index is 1.23. The molecule has 10 rings (SSSR count).